The summed E-state index contributed by atoms with van der Waals surface area (Å²) in [6, 6.07) is 7.65. The van der Waals surface area contributed by atoms with Gasteiger partial charge in [0.15, 0.2) is 11.6 Å². The summed E-state index contributed by atoms with van der Waals surface area (Å²) in [5.41, 5.74) is 7.10. The van der Waals surface area contributed by atoms with Crippen molar-refractivity contribution in [3.8, 4) is 11.5 Å². The van der Waals surface area contributed by atoms with Crippen LogP contribution in [0.15, 0.2) is 47.7 Å². The second kappa shape index (κ2) is 6.93. The lowest BCUT2D eigenvalue weighted by Crippen LogP contribution is -2.45. The minimum Gasteiger partial charge on any atom is -0.454 e. The van der Waals surface area contributed by atoms with E-state index in [1.54, 1.807) is 18.2 Å². The maximum absolute atomic E-state index is 12.2. The SMILES string of the molecule is C=C1NC(=O)N(c2cc(Cl)c(Oc3ccc4c(c3)C(C)(C)C(=O)N4)c(Cl)c2)N=C1N. The Morgan fingerprint density at radius 3 is 2.47 bits per heavy atom. The Morgan fingerprint density at radius 1 is 1.13 bits per heavy atom. The molecule has 8 nitrogen and oxygen atoms in total. The highest BCUT2D eigenvalue weighted by Crippen LogP contribution is 2.43. The third kappa shape index (κ3) is 3.24. The van der Waals surface area contributed by atoms with Gasteiger partial charge in [-0.1, -0.05) is 29.8 Å². The molecule has 0 atom stereocenters. The highest BCUT2D eigenvalue weighted by molar-refractivity contribution is 6.37. The number of amidine groups is 1. The van der Waals surface area contributed by atoms with Crippen LogP contribution in [-0.2, 0) is 10.2 Å². The molecule has 2 aromatic rings. The third-order valence-electron chi connectivity index (χ3n) is 4.89. The van der Waals surface area contributed by atoms with Crippen molar-refractivity contribution >= 4 is 52.4 Å². The Kier molecular flexibility index (Phi) is 4.63. The fourth-order valence-corrected chi connectivity index (χ4v) is 3.69. The molecule has 3 amide bonds. The molecule has 4 rings (SSSR count). The minimum atomic E-state index is -0.685. The van der Waals surface area contributed by atoms with Crippen LogP contribution in [0.25, 0.3) is 0 Å². The average Bonchev–Trinajstić information content (AvgIpc) is 2.90. The van der Waals surface area contributed by atoms with Crippen molar-refractivity contribution in [1.29, 1.82) is 0 Å². The molecule has 154 valence electrons. The first kappa shape index (κ1) is 20.1. The number of nitrogens with one attached hydrogen (secondary N) is 2. The molecule has 0 aliphatic carbocycles. The zero-order chi connectivity index (χ0) is 21.8. The lowest BCUT2D eigenvalue weighted by molar-refractivity contribution is -0.119. The maximum atomic E-state index is 12.2. The van der Waals surface area contributed by atoms with E-state index in [4.69, 9.17) is 33.7 Å². The first-order valence-corrected chi connectivity index (χ1v) is 9.61. The van der Waals surface area contributed by atoms with Crippen molar-refractivity contribution in [2.24, 2.45) is 10.8 Å². The van der Waals surface area contributed by atoms with Crippen LogP contribution in [0.3, 0.4) is 0 Å². The van der Waals surface area contributed by atoms with E-state index in [1.165, 1.54) is 12.1 Å². The smallest absolute Gasteiger partial charge is 0.347 e. The van der Waals surface area contributed by atoms with Gasteiger partial charge in [-0.15, -0.1) is 5.10 Å². The van der Waals surface area contributed by atoms with E-state index in [-0.39, 0.29) is 33.2 Å². The van der Waals surface area contributed by atoms with Crippen molar-refractivity contribution in [3.05, 3.63) is 58.2 Å². The summed E-state index contributed by atoms with van der Waals surface area (Å²) >= 11 is 12.8. The van der Waals surface area contributed by atoms with Crippen LogP contribution >= 0.6 is 23.2 Å². The Balaban J connectivity index is 1.66. The van der Waals surface area contributed by atoms with Crippen molar-refractivity contribution in [3.63, 3.8) is 0 Å². The Hall–Kier alpha value is -3.23. The highest BCUT2D eigenvalue weighted by Gasteiger charge is 2.38. The molecule has 0 fully saturated rings. The maximum Gasteiger partial charge on any atom is 0.347 e. The van der Waals surface area contributed by atoms with Gasteiger partial charge in [-0.05, 0) is 49.7 Å². The van der Waals surface area contributed by atoms with Crippen LogP contribution in [0.1, 0.15) is 19.4 Å². The molecular formula is C20H17Cl2N5O3. The van der Waals surface area contributed by atoms with Gasteiger partial charge in [-0.2, -0.15) is 5.01 Å². The Labute approximate surface area is 182 Å². The van der Waals surface area contributed by atoms with E-state index in [2.05, 4.69) is 22.3 Å². The van der Waals surface area contributed by atoms with E-state index in [9.17, 15) is 9.59 Å². The molecule has 0 radical (unpaired) electrons. The molecule has 2 aliphatic heterocycles. The molecule has 2 aromatic carbocycles. The summed E-state index contributed by atoms with van der Waals surface area (Å²) in [6.45, 7) is 7.26. The summed E-state index contributed by atoms with van der Waals surface area (Å²) in [6.07, 6.45) is 0. The molecule has 2 aliphatic rings. The lowest BCUT2D eigenvalue weighted by atomic mass is 9.86. The van der Waals surface area contributed by atoms with Crippen molar-refractivity contribution in [1.82, 2.24) is 5.32 Å². The van der Waals surface area contributed by atoms with E-state index in [0.717, 1.165) is 16.3 Å². The molecule has 30 heavy (non-hydrogen) atoms. The zero-order valence-electron chi connectivity index (χ0n) is 16.0. The fourth-order valence-electron chi connectivity index (χ4n) is 3.13. The second-order valence-electron chi connectivity index (χ2n) is 7.33. The van der Waals surface area contributed by atoms with Gasteiger partial charge in [-0.25, -0.2) is 4.79 Å². The largest absolute Gasteiger partial charge is 0.454 e. The van der Waals surface area contributed by atoms with Crippen LogP contribution < -0.4 is 26.1 Å². The summed E-state index contributed by atoms with van der Waals surface area (Å²) in [4.78, 5) is 24.3. The summed E-state index contributed by atoms with van der Waals surface area (Å²) in [5.74, 6) is 0.642. The minimum absolute atomic E-state index is 0.0612. The number of hydrogen-bond acceptors (Lipinski definition) is 5. The predicted octanol–water partition coefficient (Wildman–Crippen LogP) is 4.33. The monoisotopic (exact) mass is 445 g/mol. The Bertz CT molecular complexity index is 1140. The van der Waals surface area contributed by atoms with Crippen LogP contribution in [0.4, 0.5) is 16.2 Å². The number of hydrazone groups is 1. The number of urea groups is 1. The van der Waals surface area contributed by atoms with E-state index < -0.39 is 11.4 Å². The van der Waals surface area contributed by atoms with Gasteiger partial charge in [0.1, 0.15) is 5.75 Å². The number of carbonyl (C=O) groups is 2. The first-order valence-electron chi connectivity index (χ1n) is 8.85. The predicted molar refractivity (Wildman–Crippen MR) is 116 cm³/mol. The van der Waals surface area contributed by atoms with Gasteiger partial charge in [0.05, 0.1) is 26.8 Å². The van der Waals surface area contributed by atoms with Gasteiger partial charge >= 0.3 is 6.03 Å². The van der Waals surface area contributed by atoms with Gasteiger partial charge in [0.2, 0.25) is 5.91 Å². The number of fused-ring (bicyclic) bond motifs is 1. The van der Waals surface area contributed by atoms with Gasteiger partial charge in [-0.3, -0.25) is 4.79 Å². The molecule has 0 unspecified atom stereocenters. The number of carbonyl (C=O) groups excluding carboxylic acids is 2. The quantitative estimate of drug-likeness (QED) is 0.652. The van der Waals surface area contributed by atoms with Gasteiger partial charge in [0, 0.05) is 5.69 Å². The van der Waals surface area contributed by atoms with Gasteiger partial charge < -0.3 is 21.1 Å². The van der Waals surface area contributed by atoms with Crippen molar-refractivity contribution in [2.75, 3.05) is 10.3 Å². The topological polar surface area (TPSA) is 109 Å². The number of hydrogen-bond donors (Lipinski definition) is 3. The van der Waals surface area contributed by atoms with E-state index in [1.807, 2.05) is 13.8 Å². The number of ether oxygens (including phenoxy) is 1. The summed E-state index contributed by atoms with van der Waals surface area (Å²) in [7, 11) is 0. The van der Waals surface area contributed by atoms with E-state index in [0.29, 0.717) is 11.4 Å². The number of amides is 3. The fraction of sp³-hybridized carbons (Fsp3) is 0.150. The lowest BCUT2D eigenvalue weighted by Gasteiger charge is -2.24. The molecule has 2 heterocycles. The molecule has 0 aromatic heterocycles. The molecule has 0 saturated heterocycles. The molecular weight excluding hydrogens is 429 g/mol. The van der Waals surface area contributed by atoms with Crippen molar-refractivity contribution in [2.45, 2.75) is 19.3 Å². The van der Waals surface area contributed by atoms with Crippen molar-refractivity contribution < 1.29 is 14.3 Å². The molecule has 0 spiro atoms. The highest BCUT2D eigenvalue weighted by atomic mass is 35.5. The normalized spacial score (nSPS) is 17.3. The van der Waals surface area contributed by atoms with Crippen LogP contribution in [0.2, 0.25) is 10.0 Å². The van der Waals surface area contributed by atoms with Crippen LogP contribution in [0, 0.1) is 0 Å². The number of rotatable bonds is 3. The number of nitrogens with two attached hydrogens (primary N) is 1. The second-order valence-corrected chi connectivity index (χ2v) is 8.15. The van der Waals surface area contributed by atoms with Crippen LogP contribution in [0.5, 0.6) is 11.5 Å². The number of anilines is 2. The molecule has 0 saturated carbocycles. The molecule has 4 N–H and O–H groups in total. The molecule has 10 heteroatoms. The van der Waals surface area contributed by atoms with E-state index >= 15 is 0 Å². The first-order chi connectivity index (χ1) is 14.1. The summed E-state index contributed by atoms with van der Waals surface area (Å²) in [5, 5.41) is 10.7. The number of benzene rings is 2. The molecule has 0 bridgehead atoms. The number of nitrogens with zero attached hydrogens (tertiary/aromatic N) is 2. The average molecular weight is 446 g/mol. The Morgan fingerprint density at radius 2 is 1.80 bits per heavy atom. The van der Waals surface area contributed by atoms with Crippen LogP contribution in [-0.4, -0.2) is 17.8 Å². The number of halogens is 2. The zero-order valence-corrected chi connectivity index (χ0v) is 17.6. The standard InChI is InChI=1S/C20H17Cl2N5O3/c1-9-17(23)26-27(19(29)24-9)10-6-13(21)16(14(22)7-10)30-11-4-5-15-12(8-11)20(2,3)18(28)25-15/h4-8H,1H2,2-3H3,(H2,23,26)(H,24,29)(H,25,28). The third-order valence-corrected chi connectivity index (χ3v) is 5.46. The summed E-state index contributed by atoms with van der Waals surface area (Å²) < 4.78 is 5.90. The van der Waals surface area contributed by atoms with Gasteiger partial charge in [0.25, 0.3) is 0 Å².